The SMILES string of the molecule is CCCCCC(OCc1ccc(OC)cc1)c1ccc(N2C(=O)C[C@@H](O[Si](c3ccccc3)(c3ccccc3)C(C)(C)C)[C@@H]2CO)cc1. The summed E-state index contributed by atoms with van der Waals surface area (Å²) in [6, 6.07) is 36.5. The van der Waals surface area contributed by atoms with Gasteiger partial charge in [0, 0.05) is 5.69 Å². The second-order valence-corrected chi connectivity index (χ2v) is 18.0. The minimum atomic E-state index is -2.93. The van der Waals surface area contributed by atoms with Crippen LogP contribution in [0.2, 0.25) is 5.04 Å². The first kappa shape index (κ1) is 35.6. The van der Waals surface area contributed by atoms with Gasteiger partial charge in [0.05, 0.1) is 45.0 Å². The normalized spacial score (nSPS) is 17.5. The van der Waals surface area contributed by atoms with Crippen molar-refractivity contribution >= 4 is 30.3 Å². The van der Waals surface area contributed by atoms with E-state index in [0.717, 1.165) is 58.6 Å². The average Bonchev–Trinajstić information content (AvgIpc) is 3.43. The molecule has 0 spiro atoms. The molecule has 1 saturated heterocycles. The van der Waals surface area contributed by atoms with Gasteiger partial charge in [-0.2, -0.15) is 0 Å². The Hall–Kier alpha value is -3.75. The minimum absolute atomic E-state index is 0.0417. The number of ether oxygens (including phenoxy) is 2. The fourth-order valence-electron chi connectivity index (χ4n) is 7.03. The third kappa shape index (κ3) is 7.76. The summed E-state index contributed by atoms with van der Waals surface area (Å²) in [6.45, 7) is 9.20. The Morgan fingerprint density at radius 2 is 1.46 bits per heavy atom. The van der Waals surface area contributed by atoms with Gasteiger partial charge < -0.3 is 23.9 Å². The molecule has 0 aliphatic carbocycles. The number of amides is 1. The summed E-state index contributed by atoms with van der Waals surface area (Å²) < 4.78 is 19.1. The maximum atomic E-state index is 13.8. The lowest BCUT2D eigenvalue weighted by molar-refractivity contribution is -0.117. The molecule has 1 aliphatic rings. The smallest absolute Gasteiger partial charge is 0.261 e. The van der Waals surface area contributed by atoms with E-state index >= 15 is 0 Å². The zero-order chi connectivity index (χ0) is 34.1. The predicted molar refractivity (Wildman–Crippen MR) is 197 cm³/mol. The van der Waals surface area contributed by atoms with Gasteiger partial charge in [0.1, 0.15) is 5.75 Å². The Morgan fingerprint density at radius 1 is 0.854 bits per heavy atom. The predicted octanol–water partition coefficient (Wildman–Crippen LogP) is 7.58. The molecule has 254 valence electrons. The van der Waals surface area contributed by atoms with Gasteiger partial charge in [-0.1, -0.05) is 132 Å². The summed E-state index contributed by atoms with van der Waals surface area (Å²) in [5.74, 6) is 0.783. The largest absolute Gasteiger partial charge is 0.497 e. The highest BCUT2D eigenvalue weighted by Gasteiger charge is 2.54. The number of aliphatic hydroxyl groups excluding tert-OH is 1. The molecule has 3 atom stereocenters. The number of unbranched alkanes of at least 4 members (excludes halogenated alkanes) is 2. The molecule has 1 N–H and O–H groups in total. The van der Waals surface area contributed by atoms with E-state index in [1.165, 1.54) is 0 Å². The summed E-state index contributed by atoms with van der Waals surface area (Å²) in [7, 11) is -1.26. The third-order valence-corrected chi connectivity index (χ3v) is 14.6. The number of anilines is 1. The van der Waals surface area contributed by atoms with Crippen molar-refractivity contribution in [2.75, 3.05) is 18.6 Å². The highest BCUT2D eigenvalue weighted by atomic mass is 28.4. The number of aliphatic hydroxyl groups is 1. The van der Waals surface area contributed by atoms with Crippen molar-refractivity contribution in [1.29, 1.82) is 0 Å². The number of nitrogens with zero attached hydrogens (tertiary/aromatic N) is 1. The number of hydrogen-bond donors (Lipinski definition) is 1. The van der Waals surface area contributed by atoms with E-state index in [2.05, 4.69) is 88.4 Å². The van der Waals surface area contributed by atoms with Gasteiger partial charge in [0.15, 0.2) is 0 Å². The molecule has 0 aromatic heterocycles. The molecular formula is C41H51NO5Si. The standard InChI is InChI=1S/C41H51NO5Si/c1-6-7-10-19-38(46-30-31-20-26-34(45-5)27-21-31)32-22-24-33(25-23-32)42-37(29-43)39(28-40(42)44)47-48(41(2,3)4,35-15-11-8-12-16-35)36-17-13-9-14-18-36/h8-9,11-18,20-27,37-39,43H,6-7,10,19,28-30H2,1-5H3/t37-,38?,39+/m0/s1. The van der Waals surface area contributed by atoms with E-state index < -0.39 is 20.5 Å². The van der Waals surface area contributed by atoms with Gasteiger partial charge in [-0.05, 0) is 57.2 Å². The van der Waals surface area contributed by atoms with Crippen molar-refractivity contribution in [2.24, 2.45) is 0 Å². The Labute approximate surface area is 287 Å². The van der Waals surface area contributed by atoms with Crippen molar-refractivity contribution in [3.8, 4) is 5.75 Å². The topological polar surface area (TPSA) is 68.2 Å². The first-order chi connectivity index (χ1) is 23.2. The van der Waals surface area contributed by atoms with E-state index in [9.17, 15) is 9.90 Å². The van der Waals surface area contributed by atoms with Crippen LogP contribution in [0.1, 0.15) is 77.0 Å². The summed E-state index contributed by atoms with van der Waals surface area (Å²) in [6.07, 6.45) is 3.95. The lowest BCUT2D eigenvalue weighted by atomic mass is 10.0. The molecule has 48 heavy (non-hydrogen) atoms. The van der Waals surface area contributed by atoms with Crippen LogP contribution in [-0.2, 0) is 20.6 Å². The van der Waals surface area contributed by atoms with Crippen LogP contribution in [0.3, 0.4) is 0 Å². The minimum Gasteiger partial charge on any atom is -0.497 e. The quantitative estimate of drug-likeness (QED) is 0.105. The van der Waals surface area contributed by atoms with Crippen LogP contribution in [0.15, 0.2) is 109 Å². The molecule has 1 heterocycles. The molecule has 1 fully saturated rings. The maximum absolute atomic E-state index is 13.8. The molecule has 0 radical (unpaired) electrons. The van der Waals surface area contributed by atoms with Crippen LogP contribution in [0, 0.1) is 0 Å². The van der Waals surface area contributed by atoms with Crippen molar-refractivity contribution in [3.63, 3.8) is 0 Å². The summed E-state index contributed by atoms with van der Waals surface area (Å²) in [4.78, 5) is 15.5. The fraction of sp³-hybridized carbons (Fsp3) is 0.390. The number of carbonyl (C=O) groups excluding carboxylic acids is 1. The van der Waals surface area contributed by atoms with E-state index in [1.807, 2.05) is 48.5 Å². The second-order valence-electron chi connectivity index (χ2n) is 13.8. The Balaban J connectivity index is 1.40. The van der Waals surface area contributed by atoms with Gasteiger partial charge in [-0.3, -0.25) is 4.79 Å². The molecule has 1 aliphatic heterocycles. The van der Waals surface area contributed by atoms with E-state index in [-0.39, 0.29) is 30.1 Å². The van der Waals surface area contributed by atoms with Gasteiger partial charge in [-0.15, -0.1) is 0 Å². The molecule has 4 aromatic rings. The average molecular weight is 666 g/mol. The Bertz CT molecular complexity index is 1530. The lowest BCUT2D eigenvalue weighted by Crippen LogP contribution is -2.68. The van der Waals surface area contributed by atoms with Crippen LogP contribution in [0.4, 0.5) is 5.69 Å². The van der Waals surface area contributed by atoms with Crippen LogP contribution in [-0.4, -0.2) is 45.2 Å². The van der Waals surface area contributed by atoms with Crippen molar-refractivity contribution in [1.82, 2.24) is 0 Å². The fourth-order valence-corrected chi connectivity index (χ4v) is 11.7. The van der Waals surface area contributed by atoms with Crippen LogP contribution >= 0.6 is 0 Å². The molecular weight excluding hydrogens is 615 g/mol. The van der Waals surface area contributed by atoms with Gasteiger partial charge >= 0.3 is 0 Å². The number of methoxy groups -OCH3 is 1. The van der Waals surface area contributed by atoms with E-state index in [4.69, 9.17) is 13.9 Å². The van der Waals surface area contributed by atoms with Gasteiger partial charge in [0.2, 0.25) is 5.91 Å². The van der Waals surface area contributed by atoms with E-state index in [0.29, 0.717) is 6.61 Å². The molecule has 6 nitrogen and oxygen atoms in total. The highest BCUT2D eigenvalue weighted by molar-refractivity contribution is 6.99. The monoisotopic (exact) mass is 665 g/mol. The second kappa shape index (κ2) is 16.1. The zero-order valence-corrected chi connectivity index (χ0v) is 30.1. The maximum Gasteiger partial charge on any atom is 0.261 e. The van der Waals surface area contributed by atoms with Crippen molar-refractivity contribution in [3.05, 3.63) is 120 Å². The van der Waals surface area contributed by atoms with Crippen LogP contribution in [0.5, 0.6) is 5.75 Å². The lowest BCUT2D eigenvalue weighted by Gasteiger charge is -2.45. The third-order valence-electron chi connectivity index (χ3n) is 9.56. The number of benzene rings is 4. The molecule has 0 saturated carbocycles. The Morgan fingerprint density at radius 3 is 1.98 bits per heavy atom. The Kier molecular flexibility index (Phi) is 11.9. The summed E-state index contributed by atoms with van der Waals surface area (Å²) in [5, 5.41) is 12.9. The van der Waals surface area contributed by atoms with Gasteiger partial charge in [-0.25, -0.2) is 0 Å². The molecule has 4 aromatic carbocycles. The summed E-state index contributed by atoms with van der Waals surface area (Å²) >= 11 is 0. The number of carbonyl (C=O) groups is 1. The molecule has 7 heteroatoms. The van der Waals surface area contributed by atoms with E-state index in [1.54, 1.807) is 12.0 Å². The first-order valence-corrected chi connectivity index (χ1v) is 19.2. The van der Waals surface area contributed by atoms with Crippen LogP contribution < -0.4 is 20.0 Å². The zero-order valence-electron chi connectivity index (χ0n) is 29.1. The molecule has 5 rings (SSSR count). The molecule has 0 bridgehead atoms. The summed E-state index contributed by atoms with van der Waals surface area (Å²) in [5.41, 5.74) is 2.93. The highest BCUT2D eigenvalue weighted by Crippen LogP contribution is 2.40. The van der Waals surface area contributed by atoms with Crippen molar-refractivity contribution < 1.29 is 23.8 Å². The number of rotatable bonds is 15. The number of hydrogen-bond acceptors (Lipinski definition) is 5. The van der Waals surface area contributed by atoms with Crippen molar-refractivity contribution in [2.45, 2.75) is 89.7 Å². The van der Waals surface area contributed by atoms with Crippen LogP contribution in [0.25, 0.3) is 0 Å². The van der Waals surface area contributed by atoms with Gasteiger partial charge in [0.25, 0.3) is 8.32 Å². The molecule has 1 amide bonds. The molecule has 1 unspecified atom stereocenters. The first-order valence-electron chi connectivity index (χ1n) is 17.3.